The minimum absolute atomic E-state index is 0.398. The third-order valence-electron chi connectivity index (χ3n) is 3.56. The zero-order valence-electron chi connectivity index (χ0n) is 12.4. The van der Waals surface area contributed by atoms with Gasteiger partial charge in [0.1, 0.15) is 0 Å². The fourth-order valence-electron chi connectivity index (χ4n) is 2.82. The molecule has 106 valence electrons. The molecule has 0 amide bonds. The van der Waals surface area contributed by atoms with Crippen molar-refractivity contribution in [3.05, 3.63) is 69.7 Å². The van der Waals surface area contributed by atoms with Gasteiger partial charge in [-0.25, -0.2) is 0 Å². The normalized spacial score (nSPS) is 12.4. The van der Waals surface area contributed by atoms with Gasteiger partial charge in [0.25, 0.3) is 0 Å². The fraction of sp³-hybridized carbons (Fsp3) is 0.333. The average molecular weight is 288 g/mol. The van der Waals surface area contributed by atoms with Crippen LogP contribution in [0.1, 0.15) is 28.2 Å². The molecule has 0 fully saturated rings. The highest BCUT2D eigenvalue weighted by Crippen LogP contribution is 2.27. The number of hydrogen-bond donors (Lipinski definition) is 1. The zero-order chi connectivity index (χ0) is 14.5. The average Bonchev–Trinajstić information content (AvgIpc) is 2.37. The third kappa shape index (κ3) is 3.84. The second kappa shape index (κ2) is 6.92. The maximum absolute atomic E-state index is 6.36. The Balaban J connectivity index is 2.28. The highest BCUT2D eigenvalue weighted by atomic mass is 35.5. The summed E-state index contributed by atoms with van der Waals surface area (Å²) in [5, 5.41) is 4.14. The molecule has 0 aliphatic rings. The second-order valence-electron chi connectivity index (χ2n) is 5.48. The standard InChI is InChI=1S/C18H22ClN/c1-13-8-14(2)10-15(9-13)11-16(12-20-3)17-6-4-5-7-18(17)19/h4-10,16,20H,11-12H2,1-3H3. The molecule has 20 heavy (non-hydrogen) atoms. The molecule has 0 spiro atoms. The molecular weight excluding hydrogens is 266 g/mol. The van der Waals surface area contributed by atoms with Gasteiger partial charge in [0.2, 0.25) is 0 Å². The van der Waals surface area contributed by atoms with Crippen molar-refractivity contribution in [2.45, 2.75) is 26.2 Å². The molecule has 0 aliphatic heterocycles. The van der Waals surface area contributed by atoms with E-state index in [1.165, 1.54) is 22.3 Å². The van der Waals surface area contributed by atoms with Crippen LogP contribution in [0.5, 0.6) is 0 Å². The number of likely N-dealkylation sites (N-methyl/N-ethyl adjacent to an activating group) is 1. The molecule has 0 aromatic heterocycles. The van der Waals surface area contributed by atoms with Gasteiger partial charge in [-0.3, -0.25) is 0 Å². The van der Waals surface area contributed by atoms with Crippen molar-refractivity contribution in [2.75, 3.05) is 13.6 Å². The number of halogens is 1. The van der Waals surface area contributed by atoms with E-state index in [1.54, 1.807) is 0 Å². The molecule has 1 unspecified atom stereocenters. The fourth-order valence-corrected chi connectivity index (χ4v) is 3.11. The van der Waals surface area contributed by atoms with Crippen molar-refractivity contribution >= 4 is 11.6 Å². The van der Waals surface area contributed by atoms with Crippen LogP contribution in [0, 0.1) is 13.8 Å². The molecule has 0 aliphatic carbocycles. The Morgan fingerprint density at radius 1 is 1.05 bits per heavy atom. The van der Waals surface area contributed by atoms with Crippen LogP contribution < -0.4 is 5.32 Å². The number of nitrogens with one attached hydrogen (secondary N) is 1. The summed E-state index contributed by atoms with van der Waals surface area (Å²) in [6.07, 6.45) is 1.01. The summed E-state index contributed by atoms with van der Waals surface area (Å²) >= 11 is 6.36. The van der Waals surface area contributed by atoms with E-state index in [-0.39, 0.29) is 0 Å². The lowest BCUT2D eigenvalue weighted by Crippen LogP contribution is -2.19. The van der Waals surface area contributed by atoms with E-state index in [1.807, 2.05) is 19.2 Å². The smallest absolute Gasteiger partial charge is 0.0441 e. The predicted octanol–water partition coefficient (Wildman–Crippen LogP) is 4.50. The van der Waals surface area contributed by atoms with Crippen molar-refractivity contribution < 1.29 is 0 Å². The van der Waals surface area contributed by atoms with Gasteiger partial charge in [0.05, 0.1) is 0 Å². The molecular formula is C18H22ClN. The predicted molar refractivity (Wildman–Crippen MR) is 87.7 cm³/mol. The summed E-state index contributed by atoms with van der Waals surface area (Å²) in [7, 11) is 1.99. The van der Waals surface area contributed by atoms with Gasteiger partial charge in [-0.15, -0.1) is 0 Å². The summed E-state index contributed by atoms with van der Waals surface area (Å²) < 4.78 is 0. The Kier molecular flexibility index (Phi) is 5.22. The van der Waals surface area contributed by atoms with Gasteiger partial charge in [0, 0.05) is 17.5 Å². The van der Waals surface area contributed by atoms with Gasteiger partial charge in [-0.1, -0.05) is 59.1 Å². The second-order valence-corrected chi connectivity index (χ2v) is 5.88. The monoisotopic (exact) mass is 287 g/mol. The zero-order valence-corrected chi connectivity index (χ0v) is 13.2. The van der Waals surface area contributed by atoms with E-state index < -0.39 is 0 Å². The third-order valence-corrected chi connectivity index (χ3v) is 3.90. The Labute approximate surface area is 127 Å². The molecule has 1 nitrogen and oxygen atoms in total. The Morgan fingerprint density at radius 3 is 2.30 bits per heavy atom. The molecule has 0 saturated carbocycles. The highest BCUT2D eigenvalue weighted by Gasteiger charge is 2.14. The quantitative estimate of drug-likeness (QED) is 0.853. The van der Waals surface area contributed by atoms with E-state index in [0.717, 1.165) is 18.0 Å². The van der Waals surface area contributed by atoms with Gasteiger partial charge >= 0.3 is 0 Å². The van der Waals surface area contributed by atoms with Gasteiger partial charge < -0.3 is 5.32 Å². The minimum atomic E-state index is 0.398. The largest absolute Gasteiger partial charge is 0.319 e. The first-order valence-electron chi connectivity index (χ1n) is 7.06. The van der Waals surface area contributed by atoms with Crippen LogP contribution >= 0.6 is 11.6 Å². The van der Waals surface area contributed by atoms with Gasteiger partial charge in [-0.05, 0) is 44.5 Å². The minimum Gasteiger partial charge on any atom is -0.319 e. The Bertz CT molecular complexity index is 557. The number of rotatable bonds is 5. The summed E-state index contributed by atoms with van der Waals surface area (Å²) in [5.74, 6) is 0.398. The number of hydrogen-bond acceptors (Lipinski definition) is 1. The summed E-state index contributed by atoms with van der Waals surface area (Å²) in [5.41, 5.74) is 5.25. The first kappa shape index (κ1) is 15.1. The lowest BCUT2D eigenvalue weighted by atomic mass is 9.90. The van der Waals surface area contributed by atoms with E-state index in [2.05, 4.69) is 49.5 Å². The number of aryl methyl sites for hydroxylation is 2. The van der Waals surface area contributed by atoms with Crippen LogP contribution in [-0.2, 0) is 6.42 Å². The van der Waals surface area contributed by atoms with Crippen molar-refractivity contribution in [2.24, 2.45) is 0 Å². The Hall–Kier alpha value is -1.31. The maximum atomic E-state index is 6.36. The first-order valence-corrected chi connectivity index (χ1v) is 7.44. The molecule has 2 heteroatoms. The molecule has 0 heterocycles. The molecule has 0 saturated heterocycles. The van der Waals surface area contributed by atoms with Crippen molar-refractivity contribution in [3.63, 3.8) is 0 Å². The van der Waals surface area contributed by atoms with E-state index >= 15 is 0 Å². The highest BCUT2D eigenvalue weighted by molar-refractivity contribution is 6.31. The Morgan fingerprint density at radius 2 is 1.70 bits per heavy atom. The van der Waals surface area contributed by atoms with E-state index in [9.17, 15) is 0 Å². The maximum Gasteiger partial charge on any atom is 0.0441 e. The number of benzene rings is 2. The van der Waals surface area contributed by atoms with Crippen molar-refractivity contribution in [1.82, 2.24) is 5.32 Å². The van der Waals surface area contributed by atoms with E-state index in [4.69, 9.17) is 11.6 Å². The molecule has 0 bridgehead atoms. The molecule has 0 radical (unpaired) electrons. The molecule has 2 aromatic carbocycles. The van der Waals surface area contributed by atoms with Crippen LogP contribution in [-0.4, -0.2) is 13.6 Å². The van der Waals surface area contributed by atoms with Crippen molar-refractivity contribution in [3.8, 4) is 0 Å². The molecule has 2 aromatic rings. The topological polar surface area (TPSA) is 12.0 Å². The van der Waals surface area contributed by atoms with Gasteiger partial charge in [-0.2, -0.15) is 0 Å². The summed E-state index contributed by atoms with van der Waals surface area (Å²) in [4.78, 5) is 0. The molecule has 1 atom stereocenters. The summed E-state index contributed by atoms with van der Waals surface area (Å²) in [6, 6.07) is 14.9. The van der Waals surface area contributed by atoms with Crippen LogP contribution in [0.25, 0.3) is 0 Å². The molecule has 1 N–H and O–H groups in total. The van der Waals surface area contributed by atoms with E-state index in [0.29, 0.717) is 5.92 Å². The SMILES string of the molecule is CNCC(Cc1cc(C)cc(C)c1)c1ccccc1Cl. The lowest BCUT2D eigenvalue weighted by molar-refractivity contribution is 0.625. The van der Waals surface area contributed by atoms with Crippen LogP contribution in [0.4, 0.5) is 0 Å². The lowest BCUT2D eigenvalue weighted by Gasteiger charge is -2.19. The van der Waals surface area contributed by atoms with Crippen LogP contribution in [0.15, 0.2) is 42.5 Å². The van der Waals surface area contributed by atoms with Gasteiger partial charge in [0.15, 0.2) is 0 Å². The van der Waals surface area contributed by atoms with Crippen molar-refractivity contribution in [1.29, 1.82) is 0 Å². The first-order chi connectivity index (χ1) is 9.60. The van der Waals surface area contributed by atoms with Crippen LogP contribution in [0.3, 0.4) is 0 Å². The molecule has 2 rings (SSSR count). The summed E-state index contributed by atoms with van der Waals surface area (Å²) in [6.45, 7) is 5.23. The van der Waals surface area contributed by atoms with Crippen LogP contribution in [0.2, 0.25) is 5.02 Å².